The average molecular weight is 395 g/mol. The predicted octanol–water partition coefficient (Wildman–Crippen LogP) is 3.68. The average Bonchev–Trinajstić information content (AvgIpc) is 2.78. The van der Waals surface area contributed by atoms with Crippen LogP contribution in [0.5, 0.6) is 23.5 Å². The van der Waals surface area contributed by atoms with Gasteiger partial charge in [0.25, 0.3) is 0 Å². The molecule has 0 bridgehead atoms. The van der Waals surface area contributed by atoms with Crippen LogP contribution < -0.4 is 19.5 Å². The monoisotopic (exact) mass is 395 g/mol. The zero-order chi connectivity index (χ0) is 20.6. The van der Waals surface area contributed by atoms with E-state index < -0.39 is 0 Å². The van der Waals surface area contributed by atoms with Crippen LogP contribution in [-0.4, -0.2) is 37.3 Å². The zero-order valence-corrected chi connectivity index (χ0v) is 16.3. The van der Waals surface area contributed by atoms with Gasteiger partial charge in [-0.25, -0.2) is 4.79 Å². The van der Waals surface area contributed by atoms with Crippen LogP contribution in [0.1, 0.15) is 15.9 Å². The summed E-state index contributed by atoms with van der Waals surface area (Å²) in [6.45, 7) is 0.495. The van der Waals surface area contributed by atoms with Gasteiger partial charge in [-0.2, -0.15) is 9.97 Å². The van der Waals surface area contributed by atoms with Crippen molar-refractivity contribution in [2.45, 2.75) is 6.54 Å². The first kappa shape index (κ1) is 19.9. The van der Waals surface area contributed by atoms with Gasteiger partial charge >= 0.3 is 12.0 Å². The Morgan fingerprint density at radius 2 is 1.59 bits per heavy atom. The molecule has 0 spiro atoms. The number of methoxy groups -OCH3 is 3. The van der Waals surface area contributed by atoms with Crippen molar-refractivity contribution in [1.29, 1.82) is 0 Å². The number of nitrogens with one attached hydrogen (secondary N) is 1. The van der Waals surface area contributed by atoms with E-state index in [9.17, 15) is 4.79 Å². The number of ether oxygens (including phenoxy) is 4. The Labute approximate surface area is 168 Å². The van der Waals surface area contributed by atoms with Crippen molar-refractivity contribution in [1.82, 2.24) is 9.97 Å². The smallest absolute Gasteiger partial charge is 0.337 e. The lowest BCUT2D eigenvalue weighted by Gasteiger charge is -2.12. The number of anilines is 1. The lowest BCUT2D eigenvalue weighted by Crippen LogP contribution is -2.04. The standard InChI is InChI=1S/C21H21N3O5/c1-26-18-12-19(27-2)24-21(23-18)29-17-7-5-4-6-15(17)13-22-16-10-8-14(9-11-16)20(25)28-3/h4-12,22H,13H2,1-3H3. The van der Waals surface area contributed by atoms with Gasteiger partial charge in [-0.3, -0.25) is 0 Å². The fourth-order valence-corrected chi connectivity index (χ4v) is 2.53. The van der Waals surface area contributed by atoms with Crippen LogP contribution in [0.2, 0.25) is 0 Å². The van der Waals surface area contributed by atoms with E-state index in [1.54, 1.807) is 18.2 Å². The van der Waals surface area contributed by atoms with Crippen molar-refractivity contribution in [2.24, 2.45) is 0 Å². The summed E-state index contributed by atoms with van der Waals surface area (Å²) in [5.41, 5.74) is 2.24. The fourth-order valence-electron chi connectivity index (χ4n) is 2.53. The van der Waals surface area contributed by atoms with Crippen LogP contribution >= 0.6 is 0 Å². The molecule has 8 nitrogen and oxygen atoms in total. The normalized spacial score (nSPS) is 10.2. The highest BCUT2D eigenvalue weighted by Gasteiger charge is 2.11. The maximum atomic E-state index is 11.5. The van der Waals surface area contributed by atoms with E-state index in [-0.39, 0.29) is 12.0 Å². The molecular formula is C21H21N3O5. The molecule has 0 atom stereocenters. The van der Waals surface area contributed by atoms with Crippen molar-refractivity contribution in [2.75, 3.05) is 26.6 Å². The molecule has 3 aromatic rings. The number of para-hydroxylation sites is 1. The number of esters is 1. The highest BCUT2D eigenvalue weighted by Crippen LogP contribution is 2.27. The van der Waals surface area contributed by atoms with Gasteiger partial charge in [0.2, 0.25) is 11.8 Å². The minimum atomic E-state index is -0.371. The summed E-state index contributed by atoms with van der Waals surface area (Å²) in [5, 5.41) is 3.29. The largest absolute Gasteiger partial charge is 0.481 e. The number of carbonyl (C=O) groups is 1. The van der Waals surface area contributed by atoms with Gasteiger partial charge in [-0.15, -0.1) is 0 Å². The molecule has 150 valence electrons. The summed E-state index contributed by atoms with van der Waals surface area (Å²) >= 11 is 0. The summed E-state index contributed by atoms with van der Waals surface area (Å²) in [4.78, 5) is 19.9. The van der Waals surface area contributed by atoms with E-state index >= 15 is 0 Å². The third kappa shape index (κ3) is 5.13. The first-order valence-electron chi connectivity index (χ1n) is 8.78. The molecule has 0 fully saturated rings. The number of aromatic nitrogens is 2. The predicted molar refractivity (Wildman–Crippen MR) is 107 cm³/mol. The summed E-state index contributed by atoms with van der Waals surface area (Å²) < 4.78 is 20.9. The van der Waals surface area contributed by atoms with Crippen molar-refractivity contribution in [3.63, 3.8) is 0 Å². The topological polar surface area (TPSA) is 91.8 Å². The van der Waals surface area contributed by atoms with Gasteiger partial charge < -0.3 is 24.3 Å². The summed E-state index contributed by atoms with van der Waals surface area (Å²) in [6, 6.07) is 16.2. The highest BCUT2D eigenvalue weighted by molar-refractivity contribution is 5.89. The van der Waals surface area contributed by atoms with E-state index in [1.165, 1.54) is 21.3 Å². The molecular weight excluding hydrogens is 374 g/mol. The highest BCUT2D eigenvalue weighted by atomic mass is 16.5. The van der Waals surface area contributed by atoms with Crippen LogP contribution in [0.15, 0.2) is 54.6 Å². The maximum Gasteiger partial charge on any atom is 0.337 e. The third-order valence-electron chi connectivity index (χ3n) is 4.04. The lowest BCUT2D eigenvalue weighted by molar-refractivity contribution is 0.0600. The second-order valence-electron chi connectivity index (χ2n) is 5.87. The molecule has 1 aromatic heterocycles. The number of benzene rings is 2. The first-order chi connectivity index (χ1) is 14.1. The SMILES string of the molecule is COC(=O)c1ccc(NCc2ccccc2Oc2nc(OC)cc(OC)n2)cc1. The minimum Gasteiger partial charge on any atom is -0.481 e. The molecule has 0 aliphatic carbocycles. The summed E-state index contributed by atoms with van der Waals surface area (Å²) in [5.74, 6) is 0.909. The molecule has 0 unspecified atom stereocenters. The molecule has 0 saturated carbocycles. The van der Waals surface area contributed by atoms with Crippen molar-refractivity contribution in [3.8, 4) is 23.5 Å². The Morgan fingerprint density at radius 1 is 0.931 bits per heavy atom. The Morgan fingerprint density at radius 3 is 2.21 bits per heavy atom. The minimum absolute atomic E-state index is 0.121. The van der Waals surface area contributed by atoms with Crippen LogP contribution in [0.3, 0.4) is 0 Å². The van der Waals surface area contributed by atoms with Crippen molar-refractivity contribution in [3.05, 3.63) is 65.7 Å². The van der Waals surface area contributed by atoms with E-state index in [0.29, 0.717) is 29.6 Å². The molecule has 1 heterocycles. The fraction of sp³-hybridized carbons (Fsp3) is 0.190. The van der Waals surface area contributed by atoms with E-state index in [1.807, 2.05) is 36.4 Å². The van der Waals surface area contributed by atoms with Crippen LogP contribution in [0.25, 0.3) is 0 Å². The van der Waals surface area contributed by atoms with Gasteiger partial charge in [0, 0.05) is 17.8 Å². The molecule has 0 amide bonds. The lowest BCUT2D eigenvalue weighted by atomic mass is 10.1. The molecule has 0 aliphatic rings. The van der Waals surface area contributed by atoms with Gasteiger partial charge in [-0.1, -0.05) is 18.2 Å². The number of rotatable bonds is 8. The molecule has 3 rings (SSSR count). The molecule has 0 saturated heterocycles. The number of hydrogen-bond donors (Lipinski definition) is 1. The quantitative estimate of drug-likeness (QED) is 0.578. The Balaban J connectivity index is 1.73. The van der Waals surface area contributed by atoms with Crippen molar-refractivity contribution < 1.29 is 23.7 Å². The molecule has 1 N–H and O–H groups in total. The molecule has 29 heavy (non-hydrogen) atoms. The maximum absolute atomic E-state index is 11.5. The molecule has 2 aromatic carbocycles. The number of hydrogen-bond acceptors (Lipinski definition) is 8. The molecule has 0 radical (unpaired) electrons. The number of nitrogens with zero attached hydrogens (tertiary/aromatic N) is 2. The Bertz CT molecular complexity index is 954. The zero-order valence-electron chi connectivity index (χ0n) is 16.3. The first-order valence-corrected chi connectivity index (χ1v) is 8.78. The van der Waals surface area contributed by atoms with Crippen LogP contribution in [0.4, 0.5) is 5.69 Å². The van der Waals surface area contributed by atoms with Gasteiger partial charge in [0.15, 0.2) is 0 Å². The molecule has 8 heteroatoms. The van der Waals surface area contributed by atoms with Crippen molar-refractivity contribution >= 4 is 11.7 Å². The van der Waals surface area contributed by atoms with Gasteiger partial charge in [0.1, 0.15) is 5.75 Å². The molecule has 0 aliphatic heterocycles. The van der Waals surface area contributed by atoms with E-state index in [2.05, 4.69) is 15.3 Å². The summed E-state index contributed by atoms with van der Waals surface area (Å²) in [6.07, 6.45) is 0. The Kier molecular flexibility index (Phi) is 6.47. The second kappa shape index (κ2) is 9.41. The van der Waals surface area contributed by atoms with Gasteiger partial charge in [-0.05, 0) is 30.3 Å². The van der Waals surface area contributed by atoms with Gasteiger partial charge in [0.05, 0.1) is 33.0 Å². The number of carbonyl (C=O) groups excluding carboxylic acids is 1. The summed E-state index contributed by atoms with van der Waals surface area (Å²) in [7, 11) is 4.37. The third-order valence-corrected chi connectivity index (χ3v) is 4.04. The second-order valence-corrected chi connectivity index (χ2v) is 5.87. The Hall–Kier alpha value is -3.81. The van der Waals surface area contributed by atoms with Crippen LogP contribution in [-0.2, 0) is 11.3 Å². The van der Waals surface area contributed by atoms with E-state index in [4.69, 9.17) is 18.9 Å². The van der Waals surface area contributed by atoms with E-state index in [0.717, 1.165) is 11.3 Å². The van der Waals surface area contributed by atoms with Crippen LogP contribution in [0, 0.1) is 0 Å².